The van der Waals surface area contributed by atoms with Crippen LogP contribution in [-0.2, 0) is 23.1 Å². The molecule has 0 N–H and O–H groups in total. The van der Waals surface area contributed by atoms with Crippen LogP contribution < -0.4 is 9.47 Å². The van der Waals surface area contributed by atoms with Crippen molar-refractivity contribution in [2.45, 2.75) is 18.0 Å². The number of ether oxygens (including phenoxy) is 2. The molecule has 0 unspecified atom stereocenters. The van der Waals surface area contributed by atoms with E-state index < -0.39 is 57.1 Å². The summed E-state index contributed by atoms with van der Waals surface area (Å²) >= 11 is 0. The monoisotopic (exact) mass is 487 g/mol. The Labute approximate surface area is 187 Å². The molecular weight excluding hydrogens is 469 g/mol. The van der Waals surface area contributed by atoms with Crippen molar-refractivity contribution in [1.82, 2.24) is 4.31 Å². The molecule has 0 aromatic heterocycles. The SMILES string of the molecule is COc1ccc(CN(Cc2ccc(OC)cc2)S(=O)(=O)c2c(F)c(F)c(F)c(F)c2F)cc1. The first-order chi connectivity index (χ1) is 15.6. The van der Waals surface area contributed by atoms with E-state index in [-0.39, 0.29) is 0 Å². The van der Waals surface area contributed by atoms with Gasteiger partial charge in [-0.1, -0.05) is 24.3 Å². The van der Waals surface area contributed by atoms with Gasteiger partial charge in [-0.3, -0.25) is 0 Å². The molecule has 0 amide bonds. The number of nitrogens with zero attached hydrogens (tertiary/aromatic N) is 1. The minimum absolute atomic E-state index is 0.386. The van der Waals surface area contributed by atoms with Gasteiger partial charge in [0.25, 0.3) is 0 Å². The standard InChI is InChI=1S/C22H18F5NO4S/c1-31-15-7-3-13(4-8-15)11-28(12-14-5-9-16(32-2)10-6-14)33(29,30)22-20(26)18(24)17(23)19(25)21(22)27/h3-10H,11-12H2,1-2H3. The Balaban J connectivity index is 2.10. The first-order valence-electron chi connectivity index (χ1n) is 9.37. The molecule has 3 rings (SSSR count). The highest BCUT2D eigenvalue weighted by Crippen LogP contribution is 2.31. The fourth-order valence-corrected chi connectivity index (χ4v) is 4.56. The Kier molecular flexibility index (Phi) is 7.23. The van der Waals surface area contributed by atoms with E-state index in [9.17, 15) is 30.4 Å². The molecule has 0 aliphatic carbocycles. The molecule has 0 saturated carbocycles. The maximum Gasteiger partial charge on any atom is 0.249 e. The number of benzene rings is 3. The zero-order valence-electron chi connectivity index (χ0n) is 17.4. The smallest absolute Gasteiger partial charge is 0.249 e. The minimum Gasteiger partial charge on any atom is -0.497 e. The summed E-state index contributed by atoms with van der Waals surface area (Å²) in [6, 6.07) is 12.2. The van der Waals surface area contributed by atoms with Crippen LogP contribution in [0.1, 0.15) is 11.1 Å². The van der Waals surface area contributed by atoms with Gasteiger partial charge in [-0.2, -0.15) is 4.31 Å². The van der Waals surface area contributed by atoms with E-state index in [2.05, 4.69) is 0 Å². The summed E-state index contributed by atoms with van der Waals surface area (Å²) < 4.78 is 107. The summed E-state index contributed by atoms with van der Waals surface area (Å²) in [7, 11) is -2.32. The second kappa shape index (κ2) is 9.75. The van der Waals surface area contributed by atoms with Crippen molar-refractivity contribution < 1.29 is 39.8 Å². The van der Waals surface area contributed by atoms with Gasteiger partial charge in [0.15, 0.2) is 28.2 Å². The largest absolute Gasteiger partial charge is 0.497 e. The highest BCUT2D eigenvalue weighted by atomic mass is 32.2. The normalized spacial score (nSPS) is 11.6. The molecular formula is C22H18F5NO4S. The van der Waals surface area contributed by atoms with Crippen LogP contribution in [0.15, 0.2) is 53.4 Å². The quantitative estimate of drug-likeness (QED) is 0.261. The summed E-state index contributed by atoms with van der Waals surface area (Å²) in [6.45, 7) is -0.838. The Morgan fingerprint density at radius 2 is 0.970 bits per heavy atom. The van der Waals surface area contributed by atoms with Crippen molar-refractivity contribution in [3.05, 3.63) is 88.7 Å². The van der Waals surface area contributed by atoms with Crippen LogP contribution in [0.4, 0.5) is 22.0 Å². The molecule has 0 saturated heterocycles. The van der Waals surface area contributed by atoms with Crippen molar-refractivity contribution in [1.29, 1.82) is 0 Å². The van der Waals surface area contributed by atoms with Crippen molar-refractivity contribution in [2.75, 3.05) is 14.2 Å². The molecule has 0 spiro atoms. The molecule has 11 heteroatoms. The zero-order valence-corrected chi connectivity index (χ0v) is 18.2. The lowest BCUT2D eigenvalue weighted by molar-refractivity contribution is 0.346. The van der Waals surface area contributed by atoms with Gasteiger partial charge in [0, 0.05) is 13.1 Å². The van der Waals surface area contributed by atoms with Gasteiger partial charge < -0.3 is 9.47 Å². The number of halogens is 5. The number of methoxy groups -OCH3 is 2. The molecule has 0 fully saturated rings. The van der Waals surface area contributed by atoms with E-state index in [0.29, 0.717) is 26.9 Å². The van der Waals surface area contributed by atoms with E-state index in [1.807, 2.05) is 0 Å². The highest BCUT2D eigenvalue weighted by molar-refractivity contribution is 7.89. The van der Waals surface area contributed by atoms with E-state index in [1.54, 1.807) is 0 Å². The van der Waals surface area contributed by atoms with Gasteiger partial charge in [-0.05, 0) is 35.4 Å². The number of hydrogen-bond acceptors (Lipinski definition) is 4. The van der Waals surface area contributed by atoms with Gasteiger partial charge in [0.2, 0.25) is 15.8 Å². The molecule has 0 bridgehead atoms. The van der Waals surface area contributed by atoms with E-state index in [0.717, 1.165) is 0 Å². The van der Waals surface area contributed by atoms with Crippen LogP contribution in [0, 0.1) is 29.1 Å². The van der Waals surface area contributed by atoms with Crippen LogP contribution in [0.25, 0.3) is 0 Å². The third-order valence-electron chi connectivity index (χ3n) is 4.80. The fourth-order valence-electron chi connectivity index (χ4n) is 3.04. The van der Waals surface area contributed by atoms with Gasteiger partial charge >= 0.3 is 0 Å². The van der Waals surface area contributed by atoms with Gasteiger partial charge in [0.05, 0.1) is 14.2 Å². The second-order valence-corrected chi connectivity index (χ2v) is 8.74. The Bertz CT molecular complexity index is 1170. The molecule has 3 aromatic rings. The molecule has 0 heterocycles. The number of sulfonamides is 1. The maximum absolute atomic E-state index is 14.4. The van der Waals surface area contributed by atoms with Crippen LogP contribution in [0.3, 0.4) is 0 Å². The lowest BCUT2D eigenvalue weighted by Gasteiger charge is -2.23. The van der Waals surface area contributed by atoms with Crippen molar-refractivity contribution >= 4 is 10.0 Å². The van der Waals surface area contributed by atoms with Gasteiger partial charge in [-0.15, -0.1) is 0 Å². The third-order valence-corrected chi connectivity index (χ3v) is 6.62. The average molecular weight is 487 g/mol. The predicted molar refractivity (Wildman–Crippen MR) is 109 cm³/mol. The summed E-state index contributed by atoms with van der Waals surface area (Å²) in [6.07, 6.45) is 0. The summed E-state index contributed by atoms with van der Waals surface area (Å²) in [5.74, 6) is -11.0. The molecule has 33 heavy (non-hydrogen) atoms. The first kappa shape index (κ1) is 24.5. The molecule has 0 aliphatic heterocycles. The Hall–Kier alpha value is -3.18. The highest BCUT2D eigenvalue weighted by Gasteiger charge is 2.37. The van der Waals surface area contributed by atoms with Gasteiger partial charge in [0.1, 0.15) is 11.5 Å². The van der Waals surface area contributed by atoms with E-state index >= 15 is 0 Å². The van der Waals surface area contributed by atoms with E-state index in [4.69, 9.17) is 9.47 Å². The lowest BCUT2D eigenvalue weighted by atomic mass is 10.2. The molecule has 3 aromatic carbocycles. The Morgan fingerprint density at radius 3 is 1.30 bits per heavy atom. The van der Waals surface area contributed by atoms with E-state index in [1.165, 1.54) is 62.8 Å². The molecule has 0 atom stereocenters. The minimum atomic E-state index is -5.18. The van der Waals surface area contributed by atoms with Crippen molar-refractivity contribution in [3.63, 3.8) is 0 Å². The fraction of sp³-hybridized carbons (Fsp3) is 0.182. The summed E-state index contributed by atoms with van der Waals surface area (Å²) in [5, 5.41) is 0. The number of rotatable bonds is 8. The Morgan fingerprint density at radius 1 is 0.636 bits per heavy atom. The summed E-state index contributed by atoms with van der Waals surface area (Å²) in [4.78, 5) is -1.92. The molecule has 0 radical (unpaired) electrons. The molecule has 0 aliphatic rings. The third kappa shape index (κ3) is 4.93. The van der Waals surface area contributed by atoms with Crippen LogP contribution in [-0.4, -0.2) is 26.9 Å². The topological polar surface area (TPSA) is 55.8 Å². The number of hydrogen-bond donors (Lipinski definition) is 0. The maximum atomic E-state index is 14.4. The van der Waals surface area contributed by atoms with Gasteiger partial charge in [-0.25, -0.2) is 30.4 Å². The average Bonchev–Trinajstić information content (AvgIpc) is 2.82. The molecule has 5 nitrogen and oxygen atoms in total. The summed E-state index contributed by atoms with van der Waals surface area (Å²) in [5.41, 5.74) is 0.772. The van der Waals surface area contributed by atoms with Crippen LogP contribution in [0.5, 0.6) is 11.5 Å². The first-order valence-corrected chi connectivity index (χ1v) is 10.8. The van der Waals surface area contributed by atoms with Crippen molar-refractivity contribution in [3.8, 4) is 11.5 Å². The predicted octanol–water partition coefficient (Wildman–Crippen LogP) is 4.79. The van der Waals surface area contributed by atoms with Crippen LogP contribution in [0.2, 0.25) is 0 Å². The van der Waals surface area contributed by atoms with Crippen LogP contribution >= 0.6 is 0 Å². The second-order valence-electron chi connectivity index (χ2n) is 6.87. The van der Waals surface area contributed by atoms with Crippen molar-refractivity contribution in [2.24, 2.45) is 0 Å². The zero-order chi connectivity index (χ0) is 24.3. The lowest BCUT2D eigenvalue weighted by Crippen LogP contribution is -2.32. The molecule has 176 valence electrons.